The van der Waals surface area contributed by atoms with E-state index in [1.807, 2.05) is 20.8 Å². The van der Waals surface area contributed by atoms with E-state index in [9.17, 15) is 9.59 Å². The lowest BCUT2D eigenvalue weighted by Gasteiger charge is -2.24. The van der Waals surface area contributed by atoms with Crippen molar-refractivity contribution in [2.45, 2.75) is 39.2 Å². The van der Waals surface area contributed by atoms with Gasteiger partial charge in [-0.15, -0.1) is 0 Å². The van der Waals surface area contributed by atoms with Crippen LogP contribution in [-0.2, 0) is 9.59 Å². The van der Waals surface area contributed by atoms with Gasteiger partial charge in [0.1, 0.15) is 0 Å². The molecule has 0 aromatic heterocycles. The summed E-state index contributed by atoms with van der Waals surface area (Å²) < 4.78 is 0. The molecule has 0 saturated heterocycles. The number of carbonyl (C=O) groups excluding carboxylic acids is 1. The molecule has 0 atom stereocenters. The summed E-state index contributed by atoms with van der Waals surface area (Å²) in [5, 5.41) is 14.0. The predicted molar refractivity (Wildman–Crippen MR) is 57.6 cm³/mol. The van der Waals surface area contributed by atoms with Crippen molar-refractivity contribution in [1.82, 2.24) is 10.6 Å². The highest BCUT2D eigenvalue weighted by Crippen LogP contribution is 2.05. The molecule has 0 spiro atoms. The zero-order valence-electron chi connectivity index (χ0n) is 9.59. The number of carboxylic acid groups (broad SMARTS) is 1. The molecule has 0 aliphatic carbocycles. The van der Waals surface area contributed by atoms with E-state index < -0.39 is 5.97 Å². The van der Waals surface area contributed by atoms with Crippen LogP contribution >= 0.6 is 0 Å². The first-order chi connectivity index (χ1) is 6.87. The predicted octanol–water partition coefficient (Wildman–Crippen LogP) is 0.355. The van der Waals surface area contributed by atoms with E-state index >= 15 is 0 Å². The van der Waals surface area contributed by atoms with Gasteiger partial charge in [0, 0.05) is 12.1 Å². The molecule has 0 aliphatic heterocycles. The number of hydrogen-bond donors (Lipinski definition) is 3. The molecule has 5 heteroatoms. The fourth-order valence-corrected chi connectivity index (χ4v) is 0.907. The molecule has 0 saturated carbocycles. The molecule has 0 radical (unpaired) electrons. The van der Waals surface area contributed by atoms with E-state index in [0.29, 0.717) is 6.54 Å². The first-order valence-electron chi connectivity index (χ1n) is 5.11. The minimum atomic E-state index is -0.864. The van der Waals surface area contributed by atoms with Gasteiger partial charge in [-0.2, -0.15) is 0 Å². The van der Waals surface area contributed by atoms with Crippen molar-refractivity contribution in [3.63, 3.8) is 0 Å². The number of carbonyl (C=O) groups is 2. The van der Waals surface area contributed by atoms with Crippen molar-refractivity contribution in [3.05, 3.63) is 0 Å². The summed E-state index contributed by atoms with van der Waals surface area (Å²) in [5.74, 6) is -0.968. The Bertz CT molecular complexity index is 227. The summed E-state index contributed by atoms with van der Waals surface area (Å²) in [6.45, 7) is 6.37. The molecule has 0 aliphatic rings. The van der Waals surface area contributed by atoms with Gasteiger partial charge < -0.3 is 15.7 Å². The normalized spacial score (nSPS) is 11.1. The molecule has 0 heterocycles. The monoisotopic (exact) mass is 216 g/mol. The maximum atomic E-state index is 11.3. The smallest absolute Gasteiger partial charge is 0.304 e. The number of aliphatic carboxylic acids is 1. The van der Waals surface area contributed by atoms with Crippen molar-refractivity contribution in [2.75, 3.05) is 13.1 Å². The van der Waals surface area contributed by atoms with Gasteiger partial charge in [-0.3, -0.25) is 9.59 Å². The van der Waals surface area contributed by atoms with Crippen molar-refractivity contribution in [2.24, 2.45) is 0 Å². The van der Waals surface area contributed by atoms with Crippen LogP contribution in [0.4, 0.5) is 0 Å². The summed E-state index contributed by atoms with van der Waals surface area (Å²) >= 11 is 0. The summed E-state index contributed by atoms with van der Waals surface area (Å²) in [4.78, 5) is 21.5. The van der Waals surface area contributed by atoms with E-state index in [2.05, 4.69) is 10.6 Å². The fourth-order valence-electron chi connectivity index (χ4n) is 0.907. The minimum absolute atomic E-state index is 0.0322. The molecule has 0 aromatic carbocycles. The third kappa shape index (κ3) is 7.93. The Kier molecular flexibility index (Phi) is 5.93. The molecule has 3 N–H and O–H groups in total. The maximum Gasteiger partial charge on any atom is 0.304 e. The van der Waals surface area contributed by atoms with Crippen LogP contribution in [0.15, 0.2) is 0 Å². The van der Waals surface area contributed by atoms with Gasteiger partial charge in [0.05, 0.1) is 13.0 Å². The lowest BCUT2D eigenvalue weighted by Crippen LogP contribution is -2.46. The topological polar surface area (TPSA) is 78.4 Å². The molecule has 1 amide bonds. The second-order valence-electron chi connectivity index (χ2n) is 4.11. The third-order valence-corrected chi connectivity index (χ3v) is 2.16. The molecule has 0 unspecified atom stereocenters. The highest BCUT2D eigenvalue weighted by molar-refractivity contribution is 5.78. The Balaban J connectivity index is 3.62. The summed E-state index contributed by atoms with van der Waals surface area (Å²) in [5.41, 5.74) is -0.203. The first-order valence-corrected chi connectivity index (χ1v) is 5.11. The molecule has 0 fully saturated rings. The molecular weight excluding hydrogens is 196 g/mol. The van der Waals surface area contributed by atoms with Gasteiger partial charge in [-0.1, -0.05) is 6.92 Å². The maximum absolute atomic E-state index is 11.3. The van der Waals surface area contributed by atoms with Crippen molar-refractivity contribution >= 4 is 11.9 Å². The van der Waals surface area contributed by atoms with Crippen LogP contribution in [0.2, 0.25) is 0 Å². The number of amides is 1. The van der Waals surface area contributed by atoms with Crippen LogP contribution in [0, 0.1) is 0 Å². The second-order valence-corrected chi connectivity index (χ2v) is 4.11. The summed E-state index contributed by atoms with van der Waals surface area (Å²) in [7, 11) is 0. The molecule has 0 aromatic rings. The molecule has 0 bridgehead atoms. The Labute approximate surface area is 90.2 Å². The highest BCUT2D eigenvalue weighted by atomic mass is 16.4. The Hall–Kier alpha value is -1.10. The van der Waals surface area contributed by atoms with Gasteiger partial charge in [-0.05, 0) is 20.3 Å². The van der Waals surface area contributed by atoms with Gasteiger partial charge in [0.25, 0.3) is 0 Å². The lowest BCUT2D eigenvalue weighted by molar-refractivity contribution is -0.137. The van der Waals surface area contributed by atoms with Crippen LogP contribution in [0.25, 0.3) is 0 Å². The Morgan fingerprint density at radius 1 is 1.33 bits per heavy atom. The molecule has 88 valence electrons. The van der Waals surface area contributed by atoms with Crippen LogP contribution in [-0.4, -0.2) is 35.6 Å². The first kappa shape index (κ1) is 13.9. The molecule has 15 heavy (non-hydrogen) atoms. The van der Waals surface area contributed by atoms with Crippen LogP contribution in [0.1, 0.15) is 33.6 Å². The molecule has 0 rings (SSSR count). The van der Waals surface area contributed by atoms with Gasteiger partial charge in [0.15, 0.2) is 0 Å². The minimum Gasteiger partial charge on any atom is -0.481 e. The summed E-state index contributed by atoms with van der Waals surface area (Å²) in [6.07, 6.45) is 0.887. The van der Waals surface area contributed by atoms with Crippen LogP contribution < -0.4 is 10.6 Å². The van der Waals surface area contributed by atoms with Gasteiger partial charge >= 0.3 is 5.97 Å². The van der Waals surface area contributed by atoms with Crippen molar-refractivity contribution in [3.8, 4) is 0 Å². The van der Waals surface area contributed by atoms with E-state index in [1.54, 1.807) is 0 Å². The Morgan fingerprint density at radius 3 is 2.40 bits per heavy atom. The highest BCUT2D eigenvalue weighted by Gasteiger charge is 2.16. The SMILES string of the molecule is CCC(C)(C)NC(=O)CNCCC(=O)O. The van der Waals surface area contributed by atoms with Crippen LogP contribution in [0.5, 0.6) is 0 Å². The summed E-state index contributed by atoms with van der Waals surface area (Å²) in [6, 6.07) is 0. The zero-order valence-corrected chi connectivity index (χ0v) is 9.59. The van der Waals surface area contributed by atoms with E-state index in [0.717, 1.165) is 6.42 Å². The van der Waals surface area contributed by atoms with Crippen molar-refractivity contribution in [1.29, 1.82) is 0 Å². The number of nitrogens with one attached hydrogen (secondary N) is 2. The van der Waals surface area contributed by atoms with Gasteiger partial charge in [0.2, 0.25) is 5.91 Å². The van der Waals surface area contributed by atoms with Crippen molar-refractivity contribution < 1.29 is 14.7 Å². The third-order valence-electron chi connectivity index (χ3n) is 2.16. The average Bonchev–Trinajstić information content (AvgIpc) is 2.11. The standard InChI is InChI=1S/C10H20N2O3/c1-4-10(2,3)12-8(13)7-11-6-5-9(14)15/h11H,4-7H2,1-3H3,(H,12,13)(H,14,15). The zero-order chi connectivity index (χ0) is 11.9. The number of hydrogen-bond acceptors (Lipinski definition) is 3. The van der Waals surface area contributed by atoms with E-state index in [1.165, 1.54) is 0 Å². The van der Waals surface area contributed by atoms with E-state index in [-0.39, 0.29) is 24.4 Å². The number of carboxylic acids is 1. The number of rotatable bonds is 7. The average molecular weight is 216 g/mol. The molecule has 5 nitrogen and oxygen atoms in total. The van der Waals surface area contributed by atoms with E-state index in [4.69, 9.17) is 5.11 Å². The second kappa shape index (κ2) is 6.40. The van der Waals surface area contributed by atoms with Crippen LogP contribution in [0.3, 0.4) is 0 Å². The molecular formula is C10H20N2O3. The Morgan fingerprint density at radius 2 is 1.93 bits per heavy atom. The quantitative estimate of drug-likeness (QED) is 0.537. The van der Waals surface area contributed by atoms with Gasteiger partial charge in [-0.25, -0.2) is 0 Å². The largest absolute Gasteiger partial charge is 0.481 e. The lowest BCUT2D eigenvalue weighted by atomic mass is 10.0. The fraction of sp³-hybridized carbons (Fsp3) is 0.800.